The van der Waals surface area contributed by atoms with Crippen LogP contribution in [0, 0.1) is 6.92 Å². The molecule has 0 aliphatic carbocycles. The fourth-order valence-electron chi connectivity index (χ4n) is 3.02. The van der Waals surface area contributed by atoms with Crippen molar-refractivity contribution in [1.29, 1.82) is 0 Å². The van der Waals surface area contributed by atoms with Gasteiger partial charge in [-0.1, -0.05) is 29.8 Å². The highest BCUT2D eigenvalue weighted by Gasteiger charge is 2.35. The number of esters is 1. The minimum absolute atomic E-state index is 0.0137. The average molecular weight is 416 g/mol. The van der Waals surface area contributed by atoms with Crippen LogP contribution in [0.3, 0.4) is 0 Å². The number of aromatic hydroxyl groups is 1. The predicted molar refractivity (Wildman–Crippen MR) is 105 cm³/mol. The van der Waals surface area contributed by atoms with Gasteiger partial charge in [0, 0.05) is 5.70 Å². The number of aryl methyl sites for hydroxylation is 1. The van der Waals surface area contributed by atoms with Crippen LogP contribution in [0.15, 0.2) is 64.7 Å². The van der Waals surface area contributed by atoms with Crippen molar-refractivity contribution in [3.05, 3.63) is 70.9 Å². The number of ether oxygens (including phenoxy) is 1. The zero-order chi connectivity index (χ0) is 21.2. The van der Waals surface area contributed by atoms with E-state index in [4.69, 9.17) is 4.74 Å². The van der Waals surface area contributed by atoms with Crippen molar-refractivity contribution < 1.29 is 27.9 Å². The van der Waals surface area contributed by atoms with E-state index in [0.29, 0.717) is 5.56 Å². The van der Waals surface area contributed by atoms with Gasteiger partial charge in [0.1, 0.15) is 5.75 Å². The number of amides is 2. The molecule has 0 fully saturated rings. The number of carbonyl (C=O) groups excluding carboxylic acids is 2. The molecule has 3 rings (SSSR count). The summed E-state index contributed by atoms with van der Waals surface area (Å²) in [6.45, 7) is 1.84. The first-order valence-electron chi connectivity index (χ1n) is 8.68. The van der Waals surface area contributed by atoms with Gasteiger partial charge in [-0.25, -0.2) is 18.0 Å². The Hall–Kier alpha value is -3.33. The molecule has 0 spiro atoms. The molecule has 3 N–H and O–H groups in total. The van der Waals surface area contributed by atoms with Crippen LogP contribution in [0.1, 0.15) is 17.2 Å². The van der Waals surface area contributed by atoms with E-state index in [9.17, 15) is 23.1 Å². The standard InChI is InChI=1S/C20H20N2O6S/c1-12-3-9-15(10-4-12)29(26,27)11-16-17(19(24)28-2)18(22-20(25)21-16)13-5-7-14(23)8-6-13/h3-10,18,23H,11H2,1-2H3,(H2,21,22,25)/t18-/m1/s1. The third-order valence-electron chi connectivity index (χ3n) is 4.50. The van der Waals surface area contributed by atoms with Gasteiger partial charge in [0.15, 0.2) is 9.84 Å². The van der Waals surface area contributed by atoms with Crippen molar-refractivity contribution in [1.82, 2.24) is 10.6 Å². The molecule has 0 bridgehead atoms. The number of carbonyl (C=O) groups is 2. The van der Waals surface area contributed by atoms with E-state index in [0.717, 1.165) is 5.56 Å². The summed E-state index contributed by atoms with van der Waals surface area (Å²) in [6, 6.07) is 10.6. The van der Waals surface area contributed by atoms with Crippen LogP contribution in [0.25, 0.3) is 0 Å². The second kappa shape index (κ2) is 7.96. The van der Waals surface area contributed by atoms with Crippen molar-refractivity contribution in [2.24, 2.45) is 0 Å². The summed E-state index contributed by atoms with van der Waals surface area (Å²) in [5.74, 6) is -1.34. The van der Waals surface area contributed by atoms with Crippen LogP contribution in [-0.4, -0.2) is 38.4 Å². The third kappa shape index (κ3) is 4.40. The molecule has 152 valence electrons. The van der Waals surface area contributed by atoms with Crippen molar-refractivity contribution in [3.8, 4) is 5.75 Å². The predicted octanol–water partition coefficient (Wildman–Crippen LogP) is 1.96. The number of rotatable bonds is 5. The van der Waals surface area contributed by atoms with Gasteiger partial charge in [-0.2, -0.15) is 0 Å². The summed E-state index contributed by atoms with van der Waals surface area (Å²) in [5.41, 5.74) is 1.32. The number of phenolic OH excluding ortho intramolecular Hbond substituents is 1. The fourth-order valence-corrected chi connectivity index (χ4v) is 4.34. The van der Waals surface area contributed by atoms with Gasteiger partial charge in [-0.3, -0.25) is 0 Å². The summed E-state index contributed by atoms with van der Waals surface area (Å²) in [6.07, 6.45) is 0. The van der Waals surface area contributed by atoms with Crippen LogP contribution in [0.5, 0.6) is 5.75 Å². The molecule has 2 aromatic carbocycles. The maximum absolute atomic E-state index is 12.9. The molecule has 0 radical (unpaired) electrons. The number of methoxy groups -OCH3 is 1. The Balaban J connectivity index is 2.08. The molecule has 1 atom stereocenters. The second-order valence-corrected chi connectivity index (χ2v) is 8.57. The molecule has 1 heterocycles. The summed E-state index contributed by atoms with van der Waals surface area (Å²) in [4.78, 5) is 24.8. The monoisotopic (exact) mass is 416 g/mol. The normalized spacial score (nSPS) is 16.8. The van der Waals surface area contributed by atoms with Gasteiger partial charge >= 0.3 is 12.0 Å². The summed E-state index contributed by atoms with van der Waals surface area (Å²) >= 11 is 0. The number of sulfone groups is 1. The van der Waals surface area contributed by atoms with Crippen molar-refractivity contribution in [2.75, 3.05) is 12.9 Å². The molecule has 9 heteroatoms. The molecule has 8 nitrogen and oxygen atoms in total. The van der Waals surface area contributed by atoms with Gasteiger partial charge in [0.05, 0.1) is 29.4 Å². The molecule has 1 aliphatic heterocycles. The highest BCUT2D eigenvalue weighted by atomic mass is 32.2. The minimum atomic E-state index is -3.84. The zero-order valence-electron chi connectivity index (χ0n) is 15.8. The largest absolute Gasteiger partial charge is 0.508 e. The Morgan fingerprint density at radius 3 is 2.31 bits per heavy atom. The summed E-state index contributed by atoms with van der Waals surface area (Å²) in [7, 11) is -2.66. The Kier molecular flexibility index (Phi) is 5.60. The van der Waals surface area contributed by atoms with Gasteiger partial charge in [-0.05, 0) is 36.8 Å². The van der Waals surface area contributed by atoms with Crippen LogP contribution >= 0.6 is 0 Å². The SMILES string of the molecule is COC(=O)C1=C(CS(=O)(=O)c2ccc(C)cc2)NC(=O)N[C@@H]1c1ccc(O)cc1. The Labute approximate surface area is 168 Å². The lowest BCUT2D eigenvalue weighted by Gasteiger charge is -2.29. The molecular weight excluding hydrogens is 396 g/mol. The van der Waals surface area contributed by atoms with Crippen molar-refractivity contribution in [3.63, 3.8) is 0 Å². The van der Waals surface area contributed by atoms with Crippen molar-refractivity contribution >= 4 is 21.8 Å². The van der Waals surface area contributed by atoms with E-state index in [1.807, 2.05) is 6.92 Å². The number of nitrogens with one attached hydrogen (secondary N) is 2. The van der Waals surface area contributed by atoms with Crippen LogP contribution < -0.4 is 10.6 Å². The Morgan fingerprint density at radius 2 is 1.72 bits per heavy atom. The number of urea groups is 1. The minimum Gasteiger partial charge on any atom is -0.508 e. The molecule has 2 amide bonds. The van der Waals surface area contributed by atoms with Crippen LogP contribution in [0.2, 0.25) is 0 Å². The average Bonchev–Trinajstić information content (AvgIpc) is 2.67. The van der Waals surface area contributed by atoms with Crippen LogP contribution in [0.4, 0.5) is 4.79 Å². The molecule has 0 unspecified atom stereocenters. The molecule has 0 saturated carbocycles. The fraction of sp³-hybridized carbons (Fsp3) is 0.200. The van der Waals surface area contributed by atoms with Gasteiger partial charge < -0.3 is 20.5 Å². The third-order valence-corrected chi connectivity index (χ3v) is 6.16. The van der Waals surface area contributed by atoms with E-state index in [2.05, 4.69) is 10.6 Å². The van der Waals surface area contributed by atoms with E-state index < -0.39 is 33.6 Å². The molecular formula is C20H20N2O6S. The van der Waals surface area contributed by atoms with Crippen molar-refractivity contribution in [2.45, 2.75) is 17.9 Å². The number of hydrogen-bond donors (Lipinski definition) is 3. The highest BCUT2D eigenvalue weighted by Crippen LogP contribution is 2.30. The van der Waals surface area contributed by atoms with E-state index in [-0.39, 0.29) is 21.9 Å². The topological polar surface area (TPSA) is 122 Å². The van der Waals surface area contributed by atoms with Crippen LogP contribution in [-0.2, 0) is 19.4 Å². The van der Waals surface area contributed by atoms with E-state index >= 15 is 0 Å². The quantitative estimate of drug-likeness (QED) is 0.641. The summed E-state index contributed by atoms with van der Waals surface area (Å²) in [5, 5.41) is 14.5. The molecule has 29 heavy (non-hydrogen) atoms. The molecule has 0 aromatic heterocycles. The number of benzene rings is 2. The first-order valence-corrected chi connectivity index (χ1v) is 10.3. The molecule has 0 saturated heterocycles. The smallest absolute Gasteiger partial charge is 0.338 e. The maximum Gasteiger partial charge on any atom is 0.338 e. The zero-order valence-corrected chi connectivity index (χ0v) is 16.6. The number of phenols is 1. The lowest BCUT2D eigenvalue weighted by Crippen LogP contribution is -2.47. The molecule has 1 aliphatic rings. The molecule has 2 aromatic rings. The lowest BCUT2D eigenvalue weighted by molar-refractivity contribution is -0.136. The lowest BCUT2D eigenvalue weighted by atomic mass is 9.95. The van der Waals surface area contributed by atoms with Gasteiger partial charge in [0.2, 0.25) is 0 Å². The number of hydrogen-bond acceptors (Lipinski definition) is 6. The Bertz CT molecular complexity index is 1070. The van der Waals surface area contributed by atoms with E-state index in [1.165, 1.54) is 43.5 Å². The first-order chi connectivity index (χ1) is 13.7. The second-order valence-electron chi connectivity index (χ2n) is 6.58. The summed E-state index contributed by atoms with van der Waals surface area (Å²) < 4.78 is 30.6. The first kappa shape index (κ1) is 20.4. The van der Waals surface area contributed by atoms with E-state index in [1.54, 1.807) is 12.1 Å². The highest BCUT2D eigenvalue weighted by molar-refractivity contribution is 7.91. The van der Waals surface area contributed by atoms with Gasteiger partial charge in [0.25, 0.3) is 0 Å². The maximum atomic E-state index is 12.9. The van der Waals surface area contributed by atoms with Gasteiger partial charge in [-0.15, -0.1) is 0 Å². The Morgan fingerprint density at radius 1 is 1.10 bits per heavy atom.